The standard InChI is InChI=1S/C16H21ClN2O/c17-14-5-2-1-4-13(14)11-19(10-12-7-8-12)16(20)15-6-3-9-18-15/h1-2,4-5,12,15,18H,3,6-11H2/t15-/m0/s1. The van der Waals surface area contributed by atoms with Gasteiger partial charge in [0.25, 0.3) is 0 Å². The summed E-state index contributed by atoms with van der Waals surface area (Å²) in [5.74, 6) is 0.942. The van der Waals surface area contributed by atoms with Crippen LogP contribution in [0.15, 0.2) is 24.3 Å². The summed E-state index contributed by atoms with van der Waals surface area (Å²) < 4.78 is 0. The van der Waals surface area contributed by atoms with Crippen molar-refractivity contribution in [3.8, 4) is 0 Å². The van der Waals surface area contributed by atoms with Gasteiger partial charge in [-0.15, -0.1) is 0 Å². The van der Waals surface area contributed by atoms with Crippen LogP contribution >= 0.6 is 11.6 Å². The first-order chi connectivity index (χ1) is 9.74. The van der Waals surface area contributed by atoms with E-state index in [-0.39, 0.29) is 11.9 Å². The van der Waals surface area contributed by atoms with E-state index in [1.165, 1.54) is 12.8 Å². The highest BCUT2D eigenvalue weighted by Gasteiger charge is 2.31. The van der Waals surface area contributed by atoms with Gasteiger partial charge in [0.1, 0.15) is 0 Å². The number of nitrogens with zero attached hydrogens (tertiary/aromatic N) is 1. The molecule has 3 nitrogen and oxygen atoms in total. The average Bonchev–Trinajstić information content (AvgIpc) is 3.10. The molecule has 3 rings (SSSR count). The van der Waals surface area contributed by atoms with E-state index in [0.717, 1.165) is 36.5 Å². The molecule has 1 aliphatic carbocycles. The summed E-state index contributed by atoms with van der Waals surface area (Å²) in [6.45, 7) is 2.47. The summed E-state index contributed by atoms with van der Waals surface area (Å²) in [5.41, 5.74) is 1.04. The molecule has 1 aliphatic heterocycles. The zero-order valence-corrected chi connectivity index (χ0v) is 12.4. The highest BCUT2D eigenvalue weighted by molar-refractivity contribution is 6.31. The Bertz CT molecular complexity index is 481. The van der Waals surface area contributed by atoms with Gasteiger partial charge in [0, 0.05) is 18.1 Å². The third-order valence-electron chi connectivity index (χ3n) is 4.16. The van der Waals surface area contributed by atoms with E-state index in [4.69, 9.17) is 11.6 Å². The lowest BCUT2D eigenvalue weighted by molar-refractivity contribution is -0.134. The maximum atomic E-state index is 12.6. The van der Waals surface area contributed by atoms with Crippen LogP contribution in [0.2, 0.25) is 5.02 Å². The number of rotatable bonds is 5. The number of carbonyl (C=O) groups excluding carboxylic acids is 1. The molecular weight excluding hydrogens is 272 g/mol. The second-order valence-corrected chi connectivity index (χ2v) is 6.31. The van der Waals surface area contributed by atoms with Crippen LogP contribution in [0.25, 0.3) is 0 Å². The smallest absolute Gasteiger partial charge is 0.240 e. The number of nitrogens with one attached hydrogen (secondary N) is 1. The Morgan fingerprint density at radius 3 is 2.75 bits per heavy atom. The fourth-order valence-electron chi connectivity index (χ4n) is 2.79. The normalized spacial score (nSPS) is 21.9. The molecule has 4 heteroatoms. The number of hydrogen-bond acceptors (Lipinski definition) is 2. The van der Waals surface area contributed by atoms with Gasteiger partial charge in [-0.05, 0) is 49.8 Å². The molecule has 1 amide bonds. The van der Waals surface area contributed by atoms with Crippen molar-refractivity contribution in [1.29, 1.82) is 0 Å². The Hall–Kier alpha value is -1.06. The highest BCUT2D eigenvalue weighted by Crippen LogP contribution is 2.31. The van der Waals surface area contributed by atoms with Gasteiger partial charge in [0.15, 0.2) is 0 Å². The van der Waals surface area contributed by atoms with Gasteiger partial charge in [-0.1, -0.05) is 29.8 Å². The van der Waals surface area contributed by atoms with Crippen molar-refractivity contribution in [3.05, 3.63) is 34.9 Å². The van der Waals surface area contributed by atoms with Crippen molar-refractivity contribution in [2.45, 2.75) is 38.3 Å². The number of halogens is 1. The summed E-state index contributed by atoms with van der Waals surface area (Å²) in [7, 11) is 0. The molecule has 0 radical (unpaired) electrons. The van der Waals surface area contributed by atoms with Gasteiger partial charge in [0.05, 0.1) is 6.04 Å². The first-order valence-corrected chi connectivity index (χ1v) is 7.87. The van der Waals surface area contributed by atoms with Crippen molar-refractivity contribution in [3.63, 3.8) is 0 Å². The summed E-state index contributed by atoms with van der Waals surface area (Å²) in [4.78, 5) is 14.6. The molecule has 0 bridgehead atoms. The van der Waals surface area contributed by atoms with Crippen molar-refractivity contribution >= 4 is 17.5 Å². The van der Waals surface area contributed by atoms with Crippen LogP contribution in [0.5, 0.6) is 0 Å². The van der Waals surface area contributed by atoms with Crippen LogP contribution in [0.4, 0.5) is 0 Å². The van der Waals surface area contributed by atoms with E-state index in [1.54, 1.807) is 0 Å². The molecule has 0 unspecified atom stereocenters. The largest absolute Gasteiger partial charge is 0.337 e. The molecule has 1 heterocycles. The summed E-state index contributed by atoms with van der Waals surface area (Å²) in [5, 5.41) is 4.06. The summed E-state index contributed by atoms with van der Waals surface area (Å²) in [6.07, 6.45) is 4.57. The van der Waals surface area contributed by atoms with Gasteiger partial charge in [-0.25, -0.2) is 0 Å². The van der Waals surface area contributed by atoms with Gasteiger partial charge in [-0.2, -0.15) is 0 Å². The summed E-state index contributed by atoms with van der Waals surface area (Å²) >= 11 is 6.23. The monoisotopic (exact) mass is 292 g/mol. The molecule has 1 N–H and O–H groups in total. The first-order valence-electron chi connectivity index (χ1n) is 7.49. The Morgan fingerprint density at radius 1 is 1.30 bits per heavy atom. The van der Waals surface area contributed by atoms with E-state index in [2.05, 4.69) is 5.32 Å². The molecule has 0 aromatic heterocycles. The van der Waals surface area contributed by atoms with E-state index >= 15 is 0 Å². The molecule has 1 atom stereocenters. The SMILES string of the molecule is O=C([C@@H]1CCCN1)N(Cc1ccccc1Cl)CC1CC1. The topological polar surface area (TPSA) is 32.3 Å². The maximum Gasteiger partial charge on any atom is 0.240 e. The van der Waals surface area contributed by atoms with Crippen LogP contribution in [-0.2, 0) is 11.3 Å². The minimum Gasteiger partial charge on any atom is -0.337 e. The lowest BCUT2D eigenvalue weighted by atomic mass is 10.1. The molecule has 2 aliphatic rings. The fraction of sp³-hybridized carbons (Fsp3) is 0.562. The Kier molecular flexibility index (Phi) is 4.27. The van der Waals surface area contributed by atoms with Crippen molar-refractivity contribution in [2.24, 2.45) is 5.92 Å². The summed E-state index contributed by atoms with van der Waals surface area (Å²) in [6, 6.07) is 7.82. The molecule has 1 saturated heterocycles. The van der Waals surface area contributed by atoms with Gasteiger partial charge in [0.2, 0.25) is 5.91 Å². The molecular formula is C16H21ClN2O. The Morgan fingerprint density at radius 2 is 2.10 bits per heavy atom. The second kappa shape index (κ2) is 6.15. The van der Waals surface area contributed by atoms with E-state index in [1.807, 2.05) is 29.2 Å². The van der Waals surface area contributed by atoms with Gasteiger partial charge >= 0.3 is 0 Å². The van der Waals surface area contributed by atoms with Crippen molar-refractivity contribution in [2.75, 3.05) is 13.1 Å². The quantitative estimate of drug-likeness (QED) is 0.905. The third kappa shape index (κ3) is 3.33. The molecule has 2 fully saturated rings. The fourth-order valence-corrected chi connectivity index (χ4v) is 2.99. The van der Waals surface area contributed by atoms with Crippen molar-refractivity contribution in [1.82, 2.24) is 10.2 Å². The van der Waals surface area contributed by atoms with Crippen LogP contribution in [0, 0.1) is 5.92 Å². The molecule has 0 spiro atoms. The minimum atomic E-state index is 0.0104. The number of hydrogen-bond donors (Lipinski definition) is 1. The zero-order valence-electron chi connectivity index (χ0n) is 11.6. The van der Waals surface area contributed by atoms with Crippen LogP contribution < -0.4 is 5.32 Å². The molecule has 108 valence electrons. The molecule has 1 aromatic carbocycles. The van der Waals surface area contributed by atoms with E-state index in [0.29, 0.717) is 12.5 Å². The minimum absolute atomic E-state index is 0.0104. The number of amides is 1. The molecule has 1 saturated carbocycles. The Balaban J connectivity index is 1.71. The maximum absolute atomic E-state index is 12.6. The third-order valence-corrected chi connectivity index (χ3v) is 4.53. The second-order valence-electron chi connectivity index (χ2n) is 5.90. The number of carbonyl (C=O) groups is 1. The van der Waals surface area contributed by atoms with Crippen LogP contribution in [-0.4, -0.2) is 29.9 Å². The highest BCUT2D eigenvalue weighted by atomic mass is 35.5. The van der Waals surface area contributed by atoms with Gasteiger partial charge in [-0.3, -0.25) is 4.79 Å². The average molecular weight is 293 g/mol. The predicted molar refractivity (Wildman–Crippen MR) is 80.6 cm³/mol. The lowest BCUT2D eigenvalue weighted by Gasteiger charge is -2.26. The van der Waals surface area contributed by atoms with Crippen LogP contribution in [0.1, 0.15) is 31.2 Å². The molecule has 1 aromatic rings. The van der Waals surface area contributed by atoms with Gasteiger partial charge < -0.3 is 10.2 Å². The lowest BCUT2D eigenvalue weighted by Crippen LogP contribution is -2.44. The zero-order chi connectivity index (χ0) is 13.9. The Labute approximate surface area is 125 Å². The first kappa shape index (κ1) is 13.9. The number of benzene rings is 1. The van der Waals surface area contributed by atoms with E-state index in [9.17, 15) is 4.79 Å². The van der Waals surface area contributed by atoms with E-state index < -0.39 is 0 Å². The van der Waals surface area contributed by atoms with Crippen LogP contribution in [0.3, 0.4) is 0 Å². The predicted octanol–water partition coefficient (Wildman–Crippen LogP) is 2.83. The van der Waals surface area contributed by atoms with Crippen molar-refractivity contribution < 1.29 is 4.79 Å². The molecule has 20 heavy (non-hydrogen) atoms.